The molecular weight excluding hydrogens is 228 g/mol. The minimum Gasteiger partial charge on any atom is -0.381 e. The molecule has 0 aromatic carbocycles. The van der Waals surface area contributed by atoms with Crippen LogP contribution < -0.4 is 5.32 Å². The molecule has 0 aromatic heterocycles. The van der Waals surface area contributed by atoms with Crippen LogP contribution in [0.2, 0.25) is 0 Å². The maximum atomic E-state index is 12.5. The summed E-state index contributed by atoms with van der Waals surface area (Å²) in [4.78, 5) is 14.6. The molecule has 18 heavy (non-hydrogen) atoms. The van der Waals surface area contributed by atoms with Crippen LogP contribution in [0.25, 0.3) is 0 Å². The fraction of sp³-hybridized carbons (Fsp3) is 0.929. The van der Waals surface area contributed by atoms with Crippen LogP contribution >= 0.6 is 0 Å². The third kappa shape index (κ3) is 2.16. The lowest BCUT2D eigenvalue weighted by Gasteiger charge is -2.30. The number of rotatable bonds is 4. The topological polar surface area (TPSA) is 41.6 Å². The number of nitrogens with zero attached hydrogens (tertiary/aromatic N) is 1. The predicted molar refractivity (Wildman–Crippen MR) is 69.1 cm³/mol. The lowest BCUT2D eigenvalue weighted by molar-refractivity contribution is -0.131. The Kier molecular flexibility index (Phi) is 3.32. The summed E-state index contributed by atoms with van der Waals surface area (Å²) in [5, 5.41) is 3.58. The third-order valence-corrected chi connectivity index (χ3v) is 4.60. The number of nitrogens with one attached hydrogen (secondary N) is 1. The van der Waals surface area contributed by atoms with E-state index in [1.807, 2.05) is 0 Å². The summed E-state index contributed by atoms with van der Waals surface area (Å²) in [7, 11) is 0. The van der Waals surface area contributed by atoms with Crippen molar-refractivity contribution in [2.75, 3.05) is 19.8 Å². The molecule has 4 heteroatoms. The summed E-state index contributed by atoms with van der Waals surface area (Å²) in [6, 6.07) is 0. The van der Waals surface area contributed by atoms with E-state index >= 15 is 0 Å². The van der Waals surface area contributed by atoms with Gasteiger partial charge in [0.2, 0.25) is 5.91 Å². The molecule has 3 rings (SSSR count). The highest BCUT2D eigenvalue weighted by atomic mass is 16.5. The molecule has 1 saturated carbocycles. The number of carbonyl (C=O) groups excluding carboxylic acids is 1. The van der Waals surface area contributed by atoms with E-state index in [1.54, 1.807) is 0 Å². The minimum atomic E-state index is -0.148. The molecule has 3 aliphatic rings. The monoisotopic (exact) mass is 252 g/mol. The zero-order valence-corrected chi connectivity index (χ0v) is 11.3. The highest BCUT2D eigenvalue weighted by molar-refractivity contribution is 5.91. The van der Waals surface area contributed by atoms with E-state index in [0.29, 0.717) is 11.8 Å². The van der Waals surface area contributed by atoms with E-state index < -0.39 is 0 Å². The second-order valence-corrected chi connectivity index (χ2v) is 6.04. The van der Waals surface area contributed by atoms with Crippen molar-refractivity contribution in [3.63, 3.8) is 0 Å². The molecule has 4 nitrogen and oxygen atoms in total. The number of hydrogen-bond acceptors (Lipinski definition) is 3. The van der Waals surface area contributed by atoms with E-state index in [-0.39, 0.29) is 11.7 Å². The van der Waals surface area contributed by atoms with Gasteiger partial charge >= 0.3 is 0 Å². The summed E-state index contributed by atoms with van der Waals surface area (Å²) in [6.07, 6.45) is 6.78. The zero-order chi connectivity index (χ0) is 12.6. The first-order valence-corrected chi connectivity index (χ1v) is 7.42. The molecule has 2 heterocycles. The molecule has 1 N–H and O–H groups in total. The van der Waals surface area contributed by atoms with Crippen LogP contribution in [-0.4, -0.2) is 42.3 Å². The summed E-state index contributed by atoms with van der Waals surface area (Å²) >= 11 is 0. The van der Waals surface area contributed by atoms with Crippen LogP contribution in [0.3, 0.4) is 0 Å². The predicted octanol–water partition coefficient (Wildman–Crippen LogP) is 1.50. The number of ether oxygens (including phenoxy) is 1. The molecule has 0 aromatic rings. The summed E-state index contributed by atoms with van der Waals surface area (Å²) in [5.41, 5.74) is -0.148. The van der Waals surface area contributed by atoms with E-state index in [4.69, 9.17) is 4.74 Å². The Balaban J connectivity index is 1.65. The van der Waals surface area contributed by atoms with Crippen molar-refractivity contribution in [2.24, 2.45) is 5.92 Å². The first-order chi connectivity index (χ1) is 8.75. The van der Waals surface area contributed by atoms with E-state index in [0.717, 1.165) is 58.3 Å². The quantitative estimate of drug-likeness (QED) is 0.824. The van der Waals surface area contributed by atoms with Gasteiger partial charge in [-0.3, -0.25) is 10.1 Å². The van der Waals surface area contributed by atoms with Gasteiger partial charge in [-0.25, -0.2) is 0 Å². The smallest absolute Gasteiger partial charge is 0.244 e. The van der Waals surface area contributed by atoms with Gasteiger partial charge in [0.05, 0.1) is 11.7 Å². The van der Waals surface area contributed by atoms with Crippen molar-refractivity contribution in [3.05, 3.63) is 0 Å². The summed E-state index contributed by atoms with van der Waals surface area (Å²) < 4.78 is 5.40. The highest BCUT2D eigenvalue weighted by Crippen LogP contribution is 2.43. The van der Waals surface area contributed by atoms with Crippen LogP contribution in [0.15, 0.2) is 0 Å². The zero-order valence-electron chi connectivity index (χ0n) is 11.3. The average molecular weight is 252 g/mol. The van der Waals surface area contributed by atoms with Gasteiger partial charge in [-0.05, 0) is 38.0 Å². The van der Waals surface area contributed by atoms with Crippen LogP contribution in [-0.2, 0) is 9.53 Å². The Morgan fingerprint density at radius 1 is 1.39 bits per heavy atom. The summed E-state index contributed by atoms with van der Waals surface area (Å²) in [6.45, 7) is 4.85. The molecule has 1 atom stereocenters. The minimum absolute atomic E-state index is 0.148. The second kappa shape index (κ2) is 4.82. The van der Waals surface area contributed by atoms with E-state index in [9.17, 15) is 4.79 Å². The molecular formula is C14H24N2O2. The molecule has 0 radical (unpaired) electrons. The Hall–Kier alpha value is -0.610. The van der Waals surface area contributed by atoms with Crippen LogP contribution in [0.1, 0.15) is 45.4 Å². The Labute approximate surface area is 109 Å². The van der Waals surface area contributed by atoms with Crippen molar-refractivity contribution in [2.45, 2.75) is 57.2 Å². The maximum Gasteiger partial charge on any atom is 0.244 e. The van der Waals surface area contributed by atoms with E-state index in [2.05, 4.69) is 17.1 Å². The molecule has 2 saturated heterocycles. The lowest BCUT2D eigenvalue weighted by Crippen LogP contribution is -2.41. The molecule has 102 valence electrons. The normalized spacial score (nSPS) is 31.3. The second-order valence-electron chi connectivity index (χ2n) is 6.04. The van der Waals surface area contributed by atoms with Gasteiger partial charge in [-0.15, -0.1) is 0 Å². The first kappa shape index (κ1) is 12.4. The lowest BCUT2D eigenvalue weighted by atomic mass is 9.99. The summed E-state index contributed by atoms with van der Waals surface area (Å²) in [5.74, 6) is 1.00. The van der Waals surface area contributed by atoms with Crippen molar-refractivity contribution >= 4 is 5.91 Å². The maximum absolute atomic E-state index is 12.5. The van der Waals surface area contributed by atoms with Gasteiger partial charge in [0.25, 0.3) is 0 Å². The van der Waals surface area contributed by atoms with Gasteiger partial charge in [0.15, 0.2) is 0 Å². The molecule has 1 unspecified atom stereocenters. The van der Waals surface area contributed by atoms with Crippen molar-refractivity contribution in [3.8, 4) is 0 Å². The van der Waals surface area contributed by atoms with Crippen molar-refractivity contribution < 1.29 is 9.53 Å². The Morgan fingerprint density at radius 3 is 2.72 bits per heavy atom. The van der Waals surface area contributed by atoms with E-state index in [1.165, 1.54) is 0 Å². The highest BCUT2D eigenvalue weighted by Gasteiger charge is 2.58. The third-order valence-electron chi connectivity index (χ3n) is 4.60. The number of carbonyl (C=O) groups is 1. The SMILES string of the molecule is CCCC1NC2(CC2)C(=O)N1CC1CCOCC1. The van der Waals surface area contributed by atoms with Gasteiger partial charge < -0.3 is 9.64 Å². The van der Waals surface area contributed by atoms with Crippen LogP contribution in [0.4, 0.5) is 0 Å². The largest absolute Gasteiger partial charge is 0.381 e. The molecule has 1 amide bonds. The van der Waals surface area contributed by atoms with Crippen molar-refractivity contribution in [1.29, 1.82) is 0 Å². The molecule has 1 aliphatic carbocycles. The number of hydrogen-bond donors (Lipinski definition) is 1. The molecule has 1 spiro atoms. The fourth-order valence-corrected chi connectivity index (χ4v) is 3.28. The van der Waals surface area contributed by atoms with Gasteiger partial charge in [-0.1, -0.05) is 13.3 Å². The van der Waals surface area contributed by atoms with Crippen LogP contribution in [0, 0.1) is 5.92 Å². The van der Waals surface area contributed by atoms with Gasteiger partial charge in [0.1, 0.15) is 0 Å². The molecule has 2 aliphatic heterocycles. The van der Waals surface area contributed by atoms with Crippen molar-refractivity contribution in [1.82, 2.24) is 10.2 Å². The Bertz CT molecular complexity index is 322. The molecule has 0 bridgehead atoms. The molecule has 3 fully saturated rings. The average Bonchev–Trinajstić information content (AvgIpc) is 3.12. The first-order valence-electron chi connectivity index (χ1n) is 7.42. The van der Waals surface area contributed by atoms with Crippen LogP contribution in [0.5, 0.6) is 0 Å². The standard InChI is InChI=1S/C14H24N2O2/c1-2-3-12-15-14(6-7-14)13(17)16(12)10-11-4-8-18-9-5-11/h11-12,15H,2-10H2,1H3. The number of amides is 1. The van der Waals surface area contributed by atoms with Gasteiger partial charge in [0, 0.05) is 19.8 Å². The fourth-order valence-electron chi connectivity index (χ4n) is 3.28. The van der Waals surface area contributed by atoms with Gasteiger partial charge in [-0.2, -0.15) is 0 Å². The Morgan fingerprint density at radius 2 is 2.11 bits per heavy atom.